The lowest BCUT2D eigenvalue weighted by Gasteiger charge is -2.07. The molecule has 8 heterocycles. The highest BCUT2D eigenvalue weighted by Crippen LogP contribution is 2.35. The fourth-order valence-electron chi connectivity index (χ4n) is 4.58. The highest BCUT2D eigenvalue weighted by atomic mass is 35.5. The van der Waals surface area contributed by atoms with Gasteiger partial charge < -0.3 is 13.6 Å². The molecule has 0 saturated carbocycles. The summed E-state index contributed by atoms with van der Waals surface area (Å²) in [5, 5.41) is 15.8. The van der Waals surface area contributed by atoms with Gasteiger partial charge in [-0.25, -0.2) is 29.9 Å². The van der Waals surface area contributed by atoms with Crippen LogP contribution in [0.1, 0.15) is 6.92 Å². The van der Waals surface area contributed by atoms with Crippen LogP contribution in [-0.4, -0.2) is 56.9 Å². The summed E-state index contributed by atoms with van der Waals surface area (Å²) < 4.78 is 16.5. The highest BCUT2D eigenvalue weighted by Gasteiger charge is 2.19. The van der Waals surface area contributed by atoms with Crippen LogP contribution in [0.3, 0.4) is 0 Å². The number of aromatic nitrogens is 10. The minimum Gasteiger partial charge on any atom is -0.476 e. The Balaban J connectivity index is 0.000000143. The molecular formula is C30H21ClN10O3. The summed E-state index contributed by atoms with van der Waals surface area (Å²) in [6.45, 7) is 2.44. The first kappa shape index (κ1) is 26.9. The van der Waals surface area contributed by atoms with Crippen molar-refractivity contribution in [2.24, 2.45) is 0 Å². The minimum atomic E-state index is 0.443. The molecule has 2 N–H and O–H groups in total. The molecule has 8 aromatic rings. The standard InChI is InChI=1S/C16H13N5O2.C14H8ClN5O/c1-2-22-16-11-8-10(12-5-6-17-9-18-12)14(13-4-3-7-23-13)19-15(11)20-21-16;15-13-9-6-8(10-3-4-16-7-17-10)12(11-2-1-5-21-11)18-14(9)20-19-13/h3-9H,2H2,1H3,(H,19,20,21);1-7H,(H,18,19,20). The number of ether oxygens (including phenoxy) is 1. The van der Waals surface area contributed by atoms with Gasteiger partial charge in [-0.05, 0) is 55.5 Å². The van der Waals surface area contributed by atoms with E-state index >= 15 is 0 Å². The summed E-state index contributed by atoms with van der Waals surface area (Å²) >= 11 is 6.10. The van der Waals surface area contributed by atoms with Crippen LogP contribution < -0.4 is 4.74 Å². The second-order valence-corrected chi connectivity index (χ2v) is 9.56. The highest BCUT2D eigenvalue weighted by molar-refractivity contribution is 6.34. The maximum absolute atomic E-state index is 6.10. The number of furan rings is 2. The van der Waals surface area contributed by atoms with Crippen LogP contribution in [0.2, 0.25) is 5.15 Å². The summed E-state index contributed by atoms with van der Waals surface area (Å²) in [6, 6.07) is 14.8. The van der Waals surface area contributed by atoms with Gasteiger partial charge in [0.25, 0.3) is 0 Å². The van der Waals surface area contributed by atoms with Gasteiger partial charge in [0.15, 0.2) is 22.8 Å². The van der Waals surface area contributed by atoms with Crippen molar-refractivity contribution in [1.82, 2.24) is 50.3 Å². The number of H-pyrrole nitrogens is 2. The lowest BCUT2D eigenvalue weighted by atomic mass is 10.1. The molecule has 0 radical (unpaired) electrons. The second kappa shape index (κ2) is 11.7. The van der Waals surface area contributed by atoms with Crippen molar-refractivity contribution in [3.05, 3.63) is 91.3 Å². The number of nitrogens with zero attached hydrogens (tertiary/aromatic N) is 8. The van der Waals surface area contributed by atoms with E-state index in [2.05, 4.69) is 50.3 Å². The summed E-state index contributed by atoms with van der Waals surface area (Å²) in [5.41, 5.74) is 5.65. The van der Waals surface area contributed by atoms with Crippen LogP contribution in [0.4, 0.5) is 0 Å². The van der Waals surface area contributed by atoms with E-state index in [0.717, 1.165) is 33.3 Å². The predicted molar refractivity (Wildman–Crippen MR) is 161 cm³/mol. The maximum Gasteiger partial charge on any atom is 0.242 e. The normalized spacial score (nSPS) is 11.0. The van der Waals surface area contributed by atoms with Crippen molar-refractivity contribution in [3.8, 4) is 51.3 Å². The van der Waals surface area contributed by atoms with Crippen molar-refractivity contribution in [1.29, 1.82) is 0 Å². The largest absolute Gasteiger partial charge is 0.476 e. The Hall–Kier alpha value is -5.95. The Labute approximate surface area is 253 Å². The van der Waals surface area contributed by atoms with E-state index in [1.165, 1.54) is 12.7 Å². The molecule has 44 heavy (non-hydrogen) atoms. The Morgan fingerprint density at radius 3 is 1.98 bits per heavy atom. The predicted octanol–water partition coefficient (Wildman–Crippen LogP) is 6.40. The van der Waals surface area contributed by atoms with Gasteiger partial charge in [-0.15, -0.1) is 5.10 Å². The van der Waals surface area contributed by atoms with Gasteiger partial charge in [-0.3, -0.25) is 10.2 Å². The number of rotatable bonds is 6. The van der Waals surface area contributed by atoms with Crippen molar-refractivity contribution in [3.63, 3.8) is 0 Å². The number of nitrogens with one attached hydrogen (secondary N) is 2. The molecule has 216 valence electrons. The van der Waals surface area contributed by atoms with E-state index in [-0.39, 0.29) is 0 Å². The Kier molecular flexibility index (Phi) is 7.18. The third-order valence-electron chi connectivity index (χ3n) is 6.52. The van der Waals surface area contributed by atoms with E-state index in [0.29, 0.717) is 51.8 Å². The molecule has 0 fully saturated rings. The number of aromatic amines is 2. The molecule has 0 aliphatic rings. The minimum absolute atomic E-state index is 0.443. The fraction of sp³-hybridized carbons (Fsp3) is 0.0667. The average molecular weight is 605 g/mol. The zero-order chi connectivity index (χ0) is 29.9. The monoisotopic (exact) mass is 604 g/mol. The van der Waals surface area contributed by atoms with Crippen LogP contribution in [0.25, 0.3) is 67.5 Å². The first-order valence-electron chi connectivity index (χ1n) is 13.4. The fourth-order valence-corrected chi connectivity index (χ4v) is 4.76. The molecule has 0 aliphatic carbocycles. The van der Waals surface area contributed by atoms with Crippen molar-refractivity contribution < 1.29 is 13.6 Å². The molecule has 0 amide bonds. The maximum atomic E-state index is 6.10. The molecule has 0 aromatic carbocycles. The zero-order valence-electron chi connectivity index (χ0n) is 23.0. The quantitative estimate of drug-likeness (QED) is 0.215. The SMILES string of the molecule is CCOc1n[nH]c2nc(-c3ccco3)c(-c3ccncn3)cc12.Clc1[nH]nc2nc(-c3ccco3)c(-c3ccncn3)cc12. The van der Waals surface area contributed by atoms with Crippen LogP contribution in [0.5, 0.6) is 5.88 Å². The number of hydrogen-bond donors (Lipinski definition) is 2. The smallest absolute Gasteiger partial charge is 0.242 e. The molecule has 0 spiro atoms. The van der Waals surface area contributed by atoms with Gasteiger partial charge in [0.05, 0.1) is 41.3 Å². The van der Waals surface area contributed by atoms with E-state index < -0.39 is 0 Å². The van der Waals surface area contributed by atoms with Crippen LogP contribution in [0.15, 0.2) is 94.9 Å². The van der Waals surface area contributed by atoms with Gasteiger partial charge in [-0.1, -0.05) is 11.6 Å². The summed E-state index contributed by atoms with van der Waals surface area (Å²) in [6.07, 6.45) is 9.57. The molecule has 0 saturated heterocycles. The van der Waals surface area contributed by atoms with Gasteiger partial charge in [0, 0.05) is 23.5 Å². The molecule has 8 rings (SSSR count). The first-order valence-corrected chi connectivity index (χ1v) is 13.7. The van der Waals surface area contributed by atoms with Gasteiger partial charge in [0.2, 0.25) is 5.88 Å². The Morgan fingerprint density at radius 1 is 0.773 bits per heavy atom. The van der Waals surface area contributed by atoms with Crippen molar-refractivity contribution in [2.45, 2.75) is 6.92 Å². The van der Waals surface area contributed by atoms with E-state index in [9.17, 15) is 0 Å². The van der Waals surface area contributed by atoms with Gasteiger partial charge in [-0.2, -0.15) is 5.10 Å². The molecule has 0 aliphatic heterocycles. The van der Waals surface area contributed by atoms with Gasteiger partial charge in [0.1, 0.15) is 29.2 Å². The number of halogens is 1. The van der Waals surface area contributed by atoms with E-state index in [1.807, 2.05) is 55.5 Å². The number of hydrogen-bond acceptors (Lipinski definition) is 11. The Bertz CT molecular complexity index is 2150. The zero-order valence-corrected chi connectivity index (χ0v) is 23.7. The third kappa shape index (κ3) is 5.12. The second-order valence-electron chi connectivity index (χ2n) is 9.18. The topological polar surface area (TPSA) is 170 Å². The molecule has 8 aromatic heterocycles. The molecule has 13 nitrogen and oxygen atoms in total. The summed E-state index contributed by atoms with van der Waals surface area (Å²) in [4.78, 5) is 25.7. The van der Waals surface area contributed by atoms with Crippen molar-refractivity contribution in [2.75, 3.05) is 6.61 Å². The first-order chi connectivity index (χ1) is 21.7. The third-order valence-corrected chi connectivity index (χ3v) is 6.81. The van der Waals surface area contributed by atoms with Crippen molar-refractivity contribution >= 4 is 33.7 Å². The molecule has 0 atom stereocenters. The molecular weight excluding hydrogens is 584 g/mol. The lowest BCUT2D eigenvalue weighted by molar-refractivity contribution is 0.330. The van der Waals surface area contributed by atoms with E-state index in [1.54, 1.807) is 24.9 Å². The average Bonchev–Trinajstić information content (AvgIpc) is 3.91. The Morgan fingerprint density at radius 2 is 1.41 bits per heavy atom. The molecule has 0 bridgehead atoms. The summed E-state index contributed by atoms with van der Waals surface area (Å²) in [5.74, 6) is 1.83. The number of fused-ring (bicyclic) bond motifs is 2. The van der Waals surface area contributed by atoms with Crippen LogP contribution in [0, 0.1) is 0 Å². The molecule has 0 unspecified atom stereocenters. The van der Waals surface area contributed by atoms with Crippen LogP contribution >= 0.6 is 11.6 Å². The lowest BCUT2D eigenvalue weighted by Crippen LogP contribution is -1.94. The molecule has 14 heteroatoms. The van der Waals surface area contributed by atoms with E-state index in [4.69, 9.17) is 25.2 Å². The van der Waals surface area contributed by atoms with Crippen LogP contribution in [-0.2, 0) is 0 Å². The van der Waals surface area contributed by atoms with Gasteiger partial charge >= 0.3 is 0 Å². The summed E-state index contributed by atoms with van der Waals surface area (Å²) in [7, 11) is 0. The number of pyridine rings is 2.